The maximum Gasteiger partial charge on any atom is 0.259 e. The number of ether oxygens (including phenoxy) is 1. The number of halogens is 2. The zero-order valence-electron chi connectivity index (χ0n) is 20.9. The van der Waals surface area contributed by atoms with Crippen molar-refractivity contribution < 1.29 is 28.2 Å². The average molecular weight is 510 g/mol. The van der Waals surface area contributed by atoms with Gasteiger partial charge < -0.3 is 19.6 Å². The molecule has 3 atom stereocenters. The van der Waals surface area contributed by atoms with E-state index in [2.05, 4.69) is 4.98 Å². The Hall–Kier alpha value is -3.85. The maximum absolute atomic E-state index is 13.6. The third-order valence-corrected chi connectivity index (χ3v) is 6.59. The van der Waals surface area contributed by atoms with Gasteiger partial charge in [-0.15, -0.1) is 0 Å². The van der Waals surface area contributed by atoms with E-state index in [0.29, 0.717) is 16.7 Å². The molecule has 9 heteroatoms. The van der Waals surface area contributed by atoms with Crippen LogP contribution in [0.3, 0.4) is 0 Å². The van der Waals surface area contributed by atoms with Crippen LogP contribution in [0.15, 0.2) is 60.8 Å². The van der Waals surface area contributed by atoms with Gasteiger partial charge in [0.25, 0.3) is 11.8 Å². The summed E-state index contributed by atoms with van der Waals surface area (Å²) in [5.41, 5.74) is 1.85. The van der Waals surface area contributed by atoms with Crippen LogP contribution in [0, 0.1) is 17.6 Å². The number of carbonyl (C=O) groups excluding carboxylic acids is 2. The minimum Gasteiger partial charge on any atom is -0.472 e. The second-order valence-corrected chi connectivity index (χ2v) is 9.40. The molecule has 0 aliphatic carbocycles. The fraction of sp³-hybridized carbons (Fsp3) is 0.321. The molecular formula is C28H29F2N3O4. The van der Waals surface area contributed by atoms with Crippen molar-refractivity contribution in [3.63, 3.8) is 0 Å². The van der Waals surface area contributed by atoms with Gasteiger partial charge in [-0.1, -0.05) is 19.1 Å². The van der Waals surface area contributed by atoms with Gasteiger partial charge in [0.1, 0.15) is 23.3 Å². The van der Waals surface area contributed by atoms with Crippen molar-refractivity contribution in [2.24, 2.45) is 5.92 Å². The molecule has 0 spiro atoms. The lowest BCUT2D eigenvalue weighted by atomic mass is 9.99. The van der Waals surface area contributed by atoms with Crippen LogP contribution in [-0.4, -0.2) is 70.6 Å². The normalized spacial score (nSPS) is 18.3. The topological polar surface area (TPSA) is 83.0 Å². The summed E-state index contributed by atoms with van der Waals surface area (Å²) in [5, 5.41) is 9.83. The molecular weight excluding hydrogens is 480 g/mol. The molecule has 4 rings (SSSR count). The van der Waals surface area contributed by atoms with Gasteiger partial charge >= 0.3 is 0 Å². The number of nitrogens with zero attached hydrogens (tertiary/aromatic N) is 3. The molecule has 0 radical (unpaired) electrons. The molecule has 3 aromatic rings. The molecule has 0 fully saturated rings. The molecule has 1 aliphatic heterocycles. The van der Waals surface area contributed by atoms with Gasteiger partial charge in [0.05, 0.1) is 19.2 Å². The second-order valence-electron chi connectivity index (χ2n) is 9.40. The Labute approximate surface area is 214 Å². The molecule has 2 amide bonds. The summed E-state index contributed by atoms with van der Waals surface area (Å²) in [6, 6.07) is 12.4. The van der Waals surface area contributed by atoms with E-state index in [1.165, 1.54) is 41.3 Å². The first kappa shape index (κ1) is 26.2. The van der Waals surface area contributed by atoms with Crippen molar-refractivity contribution >= 4 is 11.8 Å². The van der Waals surface area contributed by atoms with E-state index in [1.54, 1.807) is 43.3 Å². The first-order valence-corrected chi connectivity index (χ1v) is 12.0. The fourth-order valence-corrected chi connectivity index (χ4v) is 4.29. The quantitative estimate of drug-likeness (QED) is 0.543. The first-order valence-electron chi connectivity index (χ1n) is 12.0. The number of carbonyl (C=O) groups is 2. The molecule has 0 saturated carbocycles. The van der Waals surface area contributed by atoms with Crippen LogP contribution in [0.2, 0.25) is 0 Å². The van der Waals surface area contributed by atoms with Gasteiger partial charge in [-0.25, -0.2) is 13.8 Å². The smallest absolute Gasteiger partial charge is 0.259 e. The molecule has 0 bridgehead atoms. The van der Waals surface area contributed by atoms with Crippen LogP contribution in [0.4, 0.5) is 8.78 Å². The highest BCUT2D eigenvalue weighted by Gasteiger charge is 2.35. The van der Waals surface area contributed by atoms with Gasteiger partial charge in [0.2, 0.25) is 5.88 Å². The number of aromatic nitrogens is 1. The van der Waals surface area contributed by atoms with Crippen LogP contribution in [-0.2, 0) is 0 Å². The Morgan fingerprint density at radius 1 is 1.14 bits per heavy atom. The maximum atomic E-state index is 13.6. The SMILES string of the molecule is C[C@H](CO)N1C[C@H](C)[C@H](CN(C)C(=O)c2ccc(F)cc2)Oc2ncc(-c3ccc(F)cc3)cc2C1=O. The molecule has 7 nitrogen and oxygen atoms in total. The lowest BCUT2D eigenvalue weighted by Gasteiger charge is -2.37. The molecule has 194 valence electrons. The van der Waals surface area contributed by atoms with Gasteiger partial charge in [-0.2, -0.15) is 0 Å². The molecule has 1 aliphatic rings. The lowest BCUT2D eigenvalue weighted by molar-refractivity contribution is 0.0313. The predicted octanol–water partition coefficient (Wildman–Crippen LogP) is 4.02. The van der Waals surface area contributed by atoms with E-state index in [-0.39, 0.29) is 54.7 Å². The van der Waals surface area contributed by atoms with Gasteiger partial charge in [0.15, 0.2) is 0 Å². The van der Waals surface area contributed by atoms with Crippen LogP contribution < -0.4 is 4.74 Å². The minimum atomic E-state index is -0.529. The van der Waals surface area contributed by atoms with Gasteiger partial charge in [0, 0.05) is 36.8 Å². The standard InChI is InChI=1S/C28H29F2N3O4/c1-17-14-33(18(2)16-34)28(36)24-12-21(19-4-8-22(29)9-5-19)13-31-26(24)37-25(17)15-32(3)27(35)20-6-10-23(30)11-7-20/h4-13,17-18,25,34H,14-16H2,1-3H3/t17-,18+,25-/m0/s1. The summed E-state index contributed by atoms with van der Waals surface area (Å²) in [5.74, 6) is -1.54. The van der Waals surface area contributed by atoms with Crippen LogP contribution >= 0.6 is 0 Å². The average Bonchev–Trinajstić information content (AvgIpc) is 2.90. The van der Waals surface area contributed by atoms with Crippen LogP contribution in [0.1, 0.15) is 34.6 Å². The van der Waals surface area contributed by atoms with E-state index in [9.17, 15) is 23.5 Å². The van der Waals surface area contributed by atoms with E-state index < -0.39 is 18.0 Å². The number of aliphatic hydroxyl groups is 1. The number of aliphatic hydroxyl groups excluding tert-OH is 1. The molecule has 0 unspecified atom stereocenters. The molecule has 0 saturated heterocycles. The minimum absolute atomic E-state index is 0.116. The summed E-state index contributed by atoms with van der Waals surface area (Å²) in [6.45, 7) is 3.90. The summed E-state index contributed by atoms with van der Waals surface area (Å²) >= 11 is 0. The number of likely N-dealkylation sites (N-methyl/N-ethyl adjacent to an activating group) is 1. The zero-order valence-corrected chi connectivity index (χ0v) is 20.9. The Morgan fingerprint density at radius 3 is 2.38 bits per heavy atom. The number of hydrogen-bond acceptors (Lipinski definition) is 5. The van der Waals surface area contributed by atoms with Crippen molar-refractivity contribution in [2.75, 3.05) is 26.7 Å². The molecule has 2 heterocycles. The highest BCUT2D eigenvalue weighted by molar-refractivity contribution is 5.98. The van der Waals surface area contributed by atoms with E-state index in [4.69, 9.17) is 4.74 Å². The van der Waals surface area contributed by atoms with Crippen molar-refractivity contribution in [1.29, 1.82) is 0 Å². The number of hydrogen-bond donors (Lipinski definition) is 1. The summed E-state index contributed by atoms with van der Waals surface area (Å²) in [6.07, 6.45) is 1.02. The fourth-order valence-electron chi connectivity index (χ4n) is 4.29. The van der Waals surface area contributed by atoms with Crippen LogP contribution in [0.5, 0.6) is 5.88 Å². The zero-order chi connectivity index (χ0) is 26.7. The molecule has 2 aromatic carbocycles. The highest BCUT2D eigenvalue weighted by Crippen LogP contribution is 2.30. The lowest BCUT2D eigenvalue weighted by Crippen LogP contribution is -2.50. The largest absolute Gasteiger partial charge is 0.472 e. The van der Waals surface area contributed by atoms with Crippen molar-refractivity contribution in [2.45, 2.75) is 26.0 Å². The number of pyridine rings is 1. The monoisotopic (exact) mass is 509 g/mol. The third-order valence-electron chi connectivity index (χ3n) is 6.59. The Balaban J connectivity index is 1.67. The van der Waals surface area contributed by atoms with Gasteiger partial charge in [-0.05, 0) is 55.0 Å². The van der Waals surface area contributed by atoms with E-state index in [0.717, 1.165) is 0 Å². The third kappa shape index (κ3) is 5.77. The first-order chi connectivity index (χ1) is 17.7. The summed E-state index contributed by atoms with van der Waals surface area (Å²) in [7, 11) is 1.63. The van der Waals surface area contributed by atoms with E-state index >= 15 is 0 Å². The Morgan fingerprint density at radius 2 is 1.76 bits per heavy atom. The van der Waals surface area contributed by atoms with E-state index in [1.807, 2.05) is 6.92 Å². The number of rotatable bonds is 6. The van der Waals surface area contributed by atoms with Crippen molar-refractivity contribution in [3.8, 4) is 17.0 Å². The van der Waals surface area contributed by atoms with Crippen molar-refractivity contribution in [3.05, 3.63) is 83.6 Å². The summed E-state index contributed by atoms with van der Waals surface area (Å²) in [4.78, 5) is 34.0. The molecule has 1 aromatic heterocycles. The molecule has 1 N–H and O–H groups in total. The Bertz CT molecular complexity index is 1270. The summed E-state index contributed by atoms with van der Waals surface area (Å²) < 4.78 is 32.9. The highest BCUT2D eigenvalue weighted by atomic mass is 19.1. The Kier molecular flexibility index (Phi) is 7.83. The number of amides is 2. The van der Waals surface area contributed by atoms with Gasteiger partial charge in [-0.3, -0.25) is 9.59 Å². The predicted molar refractivity (Wildman–Crippen MR) is 134 cm³/mol. The number of benzene rings is 2. The second kappa shape index (κ2) is 11.0. The molecule has 37 heavy (non-hydrogen) atoms. The number of fused-ring (bicyclic) bond motifs is 1. The van der Waals surface area contributed by atoms with Crippen LogP contribution in [0.25, 0.3) is 11.1 Å². The van der Waals surface area contributed by atoms with Crippen molar-refractivity contribution in [1.82, 2.24) is 14.8 Å².